The molecule has 0 spiro atoms. The minimum Gasteiger partial charge on any atom is -0.506 e. The average molecular weight is 352 g/mol. The first-order valence-electron chi connectivity index (χ1n) is 7.50. The van der Waals surface area contributed by atoms with Crippen molar-refractivity contribution in [2.75, 3.05) is 17.2 Å². The summed E-state index contributed by atoms with van der Waals surface area (Å²) in [5.41, 5.74) is 18.4. The second-order valence-corrected chi connectivity index (χ2v) is 8.18. The zero-order chi connectivity index (χ0) is 18.1. The van der Waals surface area contributed by atoms with E-state index in [4.69, 9.17) is 17.2 Å². The maximum absolute atomic E-state index is 9.71. The Bertz CT molecular complexity index is 824. The van der Waals surface area contributed by atoms with Gasteiger partial charge >= 0.3 is 0 Å². The van der Waals surface area contributed by atoms with Gasteiger partial charge in [-0.25, -0.2) is 0 Å². The van der Waals surface area contributed by atoms with E-state index in [-0.39, 0.29) is 34.3 Å². The highest BCUT2D eigenvalue weighted by Gasteiger charge is 2.22. The molecule has 0 fully saturated rings. The predicted octanol–water partition coefficient (Wildman–Crippen LogP) is 0.0662. The van der Waals surface area contributed by atoms with Crippen molar-refractivity contribution >= 4 is 41.4 Å². The van der Waals surface area contributed by atoms with E-state index in [1.165, 1.54) is 0 Å². The molecule has 0 atom stereocenters. The van der Waals surface area contributed by atoms with Gasteiger partial charge in [-0.2, -0.15) is 0 Å². The Kier molecular flexibility index (Phi) is 4.16. The molecule has 9 N–H and O–H groups in total. The van der Waals surface area contributed by atoms with Gasteiger partial charge in [0.05, 0.1) is 17.1 Å². The van der Waals surface area contributed by atoms with Gasteiger partial charge in [-0.3, -0.25) is 0 Å². The summed E-state index contributed by atoms with van der Waals surface area (Å²) in [6, 6.07) is 15.2. The van der Waals surface area contributed by atoms with Crippen molar-refractivity contribution in [3.63, 3.8) is 0 Å². The van der Waals surface area contributed by atoms with Crippen molar-refractivity contribution in [2.24, 2.45) is 0 Å². The Balaban J connectivity index is 2.21. The molecular weight excluding hydrogens is 334 g/mol. The van der Waals surface area contributed by atoms with Crippen molar-refractivity contribution in [3.8, 4) is 17.2 Å². The number of nitrogen functional groups attached to an aromatic ring is 3. The smallest absolute Gasteiger partial charge is 0.154 e. The van der Waals surface area contributed by atoms with Crippen LogP contribution in [-0.4, -0.2) is 24.1 Å². The first kappa shape index (κ1) is 16.5. The summed E-state index contributed by atoms with van der Waals surface area (Å²) in [7, 11) is -1.57. The largest absolute Gasteiger partial charge is 0.506 e. The first-order valence-corrected chi connectivity index (χ1v) is 9.00. The zero-order valence-corrected chi connectivity index (χ0v) is 14.3. The number of aromatic hydroxyl groups is 3. The van der Waals surface area contributed by atoms with Crippen LogP contribution in [-0.2, 0) is 0 Å². The lowest BCUT2D eigenvalue weighted by Gasteiger charge is -2.19. The second-order valence-electron chi connectivity index (χ2n) is 5.70. The Hall–Kier alpha value is -3.32. The number of rotatable bonds is 3. The molecule has 1 radical (unpaired) electrons. The lowest BCUT2D eigenvalue weighted by Crippen LogP contribution is -2.52. The zero-order valence-electron chi connectivity index (χ0n) is 13.3. The number of phenols is 3. The van der Waals surface area contributed by atoms with E-state index >= 15 is 0 Å². The maximum atomic E-state index is 9.71. The van der Waals surface area contributed by atoms with Crippen molar-refractivity contribution in [1.29, 1.82) is 0 Å². The number of phenolic OH excluding ortho intramolecular Hbond substituents is 3. The molecule has 25 heavy (non-hydrogen) atoms. The van der Waals surface area contributed by atoms with E-state index < -0.39 is 8.80 Å². The van der Waals surface area contributed by atoms with Crippen LogP contribution >= 0.6 is 0 Å². The third kappa shape index (κ3) is 3.17. The van der Waals surface area contributed by atoms with Gasteiger partial charge in [-0.1, -0.05) is 18.2 Å². The molecule has 127 valence electrons. The van der Waals surface area contributed by atoms with Crippen molar-refractivity contribution in [2.45, 2.75) is 0 Å². The fourth-order valence-electron chi connectivity index (χ4n) is 2.63. The van der Waals surface area contributed by atoms with Gasteiger partial charge in [0.15, 0.2) is 8.80 Å². The summed E-state index contributed by atoms with van der Waals surface area (Å²) in [6.07, 6.45) is 0. The fraction of sp³-hybridized carbons (Fsp3) is 0. The molecule has 3 aromatic rings. The summed E-state index contributed by atoms with van der Waals surface area (Å²) in [5.74, 6) is 0.0432. The van der Waals surface area contributed by atoms with Gasteiger partial charge in [-0.05, 0) is 52.0 Å². The van der Waals surface area contributed by atoms with Crippen LogP contribution in [0.15, 0.2) is 54.6 Å². The topological polar surface area (TPSA) is 139 Å². The summed E-state index contributed by atoms with van der Waals surface area (Å²) in [5, 5.41) is 31.9. The van der Waals surface area contributed by atoms with Gasteiger partial charge in [0, 0.05) is 0 Å². The van der Waals surface area contributed by atoms with Crippen LogP contribution in [0.3, 0.4) is 0 Å². The van der Waals surface area contributed by atoms with E-state index in [0.29, 0.717) is 0 Å². The number of nitrogens with two attached hydrogens (primary N) is 3. The number of hydrogen-bond acceptors (Lipinski definition) is 6. The van der Waals surface area contributed by atoms with E-state index in [2.05, 4.69) is 0 Å². The maximum Gasteiger partial charge on any atom is 0.154 e. The minimum absolute atomic E-state index is 0.0144. The lowest BCUT2D eigenvalue weighted by molar-refractivity contribution is 0.477. The molecule has 0 bridgehead atoms. The predicted molar refractivity (Wildman–Crippen MR) is 102 cm³/mol. The van der Waals surface area contributed by atoms with Crippen molar-refractivity contribution < 1.29 is 15.3 Å². The molecule has 0 unspecified atom stereocenters. The Morgan fingerprint density at radius 1 is 0.520 bits per heavy atom. The quantitative estimate of drug-likeness (QED) is 0.171. The molecule has 0 saturated carbocycles. The molecule has 0 aliphatic carbocycles. The molecule has 6 nitrogen and oxygen atoms in total. The monoisotopic (exact) mass is 352 g/mol. The summed E-state index contributed by atoms with van der Waals surface area (Å²) >= 11 is 0. The van der Waals surface area contributed by atoms with E-state index in [1.807, 2.05) is 0 Å². The third-order valence-corrected chi connectivity index (χ3v) is 6.61. The Morgan fingerprint density at radius 2 is 0.800 bits per heavy atom. The van der Waals surface area contributed by atoms with Gasteiger partial charge in [0.1, 0.15) is 17.2 Å². The average Bonchev–Trinajstić information content (AvgIpc) is 2.57. The van der Waals surface area contributed by atoms with E-state index in [0.717, 1.165) is 15.6 Å². The molecular formula is C18H18N3O3Si. The Morgan fingerprint density at radius 3 is 1.04 bits per heavy atom. The molecule has 0 aliphatic heterocycles. The summed E-state index contributed by atoms with van der Waals surface area (Å²) in [4.78, 5) is 0. The summed E-state index contributed by atoms with van der Waals surface area (Å²) < 4.78 is 0. The van der Waals surface area contributed by atoms with Gasteiger partial charge < -0.3 is 32.5 Å². The standard InChI is InChI=1S/C18H18N3O3Si/c19-13-7-10(1-4-16(13)22)25(11-2-5-17(23)14(20)8-11)12-3-6-18(24)15(21)9-12/h1-9,22-24H,19-21H2. The van der Waals surface area contributed by atoms with Crippen LogP contribution in [0.25, 0.3) is 0 Å². The number of anilines is 3. The second kappa shape index (κ2) is 6.29. The van der Waals surface area contributed by atoms with Gasteiger partial charge in [-0.15, -0.1) is 0 Å². The molecule has 7 heteroatoms. The van der Waals surface area contributed by atoms with Crippen molar-refractivity contribution in [3.05, 3.63) is 54.6 Å². The molecule has 0 amide bonds. The van der Waals surface area contributed by atoms with Crippen LogP contribution in [0.1, 0.15) is 0 Å². The number of benzene rings is 3. The van der Waals surface area contributed by atoms with Crippen molar-refractivity contribution in [1.82, 2.24) is 0 Å². The van der Waals surface area contributed by atoms with Crippen LogP contribution in [0.5, 0.6) is 17.2 Å². The van der Waals surface area contributed by atoms with Gasteiger partial charge in [0.2, 0.25) is 0 Å². The lowest BCUT2D eigenvalue weighted by atomic mass is 10.3. The van der Waals surface area contributed by atoms with Crippen LogP contribution < -0.4 is 32.8 Å². The summed E-state index contributed by atoms with van der Waals surface area (Å²) in [6.45, 7) is 0. The molecule has 3 aromatic carbocycles. The molecule has 0 aliphatic rings. The Labute approximate surface area is 146 Å². The SMILES string of the molecule is Nc1cc([Si](c2ccc(O)c(N)c2)c2ccc(O)c(N)c2)ccc1O. The van der Waals surface area contributed by atoms with E-state index in [1.54, 1.807) is 54.6 Å². The van der Waals surface area contributed by atoms with Crippen LogP contribution in [0, 0.1) is 0 Å². The fourth-order valence-corrected chi connectivity index (χ4v) is 5.28. The van der Waals surface area contributed by atoms with E-state index in [9.17, 15) is 15.3 Å². The molecule has 3 rings (SSSR count). The highest BCUT2D eigenvalue weighted by molar-refractivity contribution is 6.95. The van der Waals surface area contributed by atoms with Crippen LogP contribution in [0.2, 0.25) is 0 Å². The van der Waals surface area contributed by atoms with Crippen LogP contribution in [0.4, 0.5) is 17.1 Å². The highest BCUT2D eigenvalue weighted by atomic mass is 28.3. The minimum atomic E-state index is -1.57. The molecule has 0 aromatic heterocycles. The first-order chi connectivity index (χ1) is 11.9. The van der Waals surface area contributed by atoms with Gasteiger partial charge in [0.25, 0.3) is 0 Å². The normalized spacial score (nSPS) is 10.9. The number of hydrogen-bond donors (Lipinski definition) is 6. The molecule has 0 heterocycles. The third-order valence-electron chi connectivity index (χ3n) is 3.95. The highest BCUT2D eigenvalue weighted by Crippen LogP contribution is 2.20. The molecule has 0 saturated heterocycles.